The second kappa shape index (κ2) is 8.96. The molecule has 1 aliphatic rings. The van der Waals surface area contributed by atoms with E-state index in [4.69, 9.17) is 0 Å². The third-order valence-electron chi connectivity index (χ3n) is 4.49. The fourth-order valence-corrected chi connectivity index (χ4v) is 3.62. The molecule has 0 amide bonds. The van der Waals surface area contributed by atoms with E-state index in [2.05, 4.69) is 5.32 Å². The maximum absolute atomic E-state index is 13.5. The molecule has 2 rings (SSSR count). The van der Waals surface area contributed by atoms with E-state index in [1.165, 1.54) is 6.07 Å². The molecule has 0 saturated heterocycles. The van der Waals surface area contributed by atoms with Gasteiger partial charge in [-0.15, -0.1) is 0 Å². The zero-order valence-corrected chi connectivity index (χ0v) is 16.2. The summed E-state index contributed by atoms with van der Waals surface area (Å²) in [6.45, 7) is 0.493. The summed E-state index contributed by atoms with van der Waals surface area (Å²) in [5.41, 5.74) is -1.93. The number of nitrogens with one attached hydrogen (secondary N) is 1. The van der Waals surface area contributed by atoms with Gasteiger partial charge in [0.15, 0.2) is 0 Å². The lowest BCUT2D eigenvalue weighted by Gasteiger charge is -2.38. The van der Waals surface area contributed by atoms with Gasteiger partial charge < -0.3 is 15.3 Å². The van der Waals surface area contributed by atoms with Crippen LogP contribution < -0.4 is 10.2 Å². The van der Waals surface area contributed by atoms with Crippen LogP contribution in [0.4, 0.5) is 32.0 Å². The van der Waals surface area contributed by atoms with Gasteiger partial charge in [-0.3, -0.25) is 0 Å². The van der Waals surface area contributed by atoms with Gasteiger partial charge in [0.25, 0.3) is 0 Å². The van der Waals surface area contributed by atoms with Gasteiger partial charge in [-0.1, -0.05) is 12.1 Å². The minimum atomic E-state index is -4.82. The first-order valence-electron chi connectivity index (χ1n) is 8.58. The number of aliphatic hydroxyl groups is 1. The number of para-hydroxylation sites is 1. The molecule has 0 bridgehead atoms. The Morgan fingerprint density at radius 3 is 2.46 bits per heavy atom. The van der Waals surface area contributed by atoms with Gasteiger partial charge in [0.1, 0.15) is 6.04 Å². The van der Waals surface area contributed by atoms with Crippen molar-refractivity contribution in [2.24, 2.45) is 0 Å². The number of aliphatic hydroxyl groups excluding tert-OH is 1. The van der Waals surface area contributed by atoms with Crippen molar-refractivity contribution >= 4 is 23.0 Å². The van der Waals surface area contributed by atoms with Crippen LogP contribution in [0.25, 0.3) is 5.57 Å². The van der Waals surface area contributed by atoms with Crippen LogP contribution in [-0.2, 0) is 6.18 Å². The molecule has 1 aromatic carbocycles. The van der Waals surface area contributed by atoms with E-state index < -0.39 is 35.7 Å². The van der Waals surface area contributed by atoms with Crippen molar-refractivity contribution in [2.75, 3.05) is 37.0 Å². The average molecular weight is 428 g/mol. The monoisotopic (exact) mass is 428 g/mol. The predicted octanol–water partition coefficient (Wildman–Crippen LogP) is 4.17. The summed E-state index contributed by atoms with van der Waals surface area (Å²) < 4.78 is 80.7. The summed E-state index contributed by atoms with van der Waals surface area (Å²) in [5, 5.41) is 13.4. The number of fused-ring (bicyclic) bond motifs is 1. The normalized spacial score (nSPS) is 18.7. The van der Waals surface area contributed by atoms with Gasteiger partial charge >= 0.3 is 12.4 Å². The number of likely N-dealkylation sites (N-methyl/N-ethyl adjacent to an activating group) is 1. The molecule has 0 aliphatic carbocycles. The SMILES string of the molecule is CSCCCNCC(O)C1=CC(C(F)(F)F)N(C)c2c1cccc2C(F)(F)F. The predicted molar refractivity (Wildman–Crippen MR) is 99.5 cm³/mol. The molecule has 158 valence electrons. The first-order valence-corrected chi connectivity index (χ1v) is 9.97. The van der Waals surface area contributed by atoms with Crippen LogP contribution in [0, 0.1) is 0 Å². The van der Waals surface area contributed by atoms with Crippen LogP contribution in [0.15, 0.2) is 24.3 Å². The van der Waals surface area contributed by atoms with Crippen LogP contribution in [-0.4, -0.2) is 55.6 Å². The lowest BCUT2D eigenvalue weighted by molar-refractivity contribution is -0.142. The highest BCUT2D eigenvalue weighted by atomic mass is 32.2. The van der Waals surface area contributed by atoms with Crippen molar-refractivity contribution in [2.45, 2.75) is 30.9 Å². The second-order valence-corrected chi connectivity index (χ2v) is 7.47. The van der Waals surface area contributed by atoms with Crippen molar-refractivity contribution in [3.63, 3.8) is 0 Å². The molecule has 2 atom stereocenters. The number of anilines is 1. The zero-order valence-electron chi connectivity index (χ0n) is 15.4. The van der Waals surface area contributed by atoms with Crippen molar-refractivity contribution < 1.29 is 31.4 Å². The molecule has 1 aliphatic heterocycles. The Hall–Kier alpha value is -1.39. The average Bonchev–Trinajstić information content (AvgIpc) is 2.59. The van der Waals surface area contributed by atoms with Crippen molar-refractivity contribution in [3.05, 3.63) is 35.4 Å². The standard InChI is InChI=1S/C18H22F6N2OS/c1-26-15(18(22,23)24)9-12(14(27)10-25-7-4-8-28-2)11-5-3-6-13(16(11)26)17(19,20)21/h3,5-6,9,14-15,25,27H,4,7-8,10H2,1-2H3. The summed E-state index contributed by atoms with van der Waals surface area (Å²) >= 11 is 1.64. The Labute approximate surface area is 163 Å². The lowest BCUT2D eigenvalue weighted by Crippen LogP contribution is -2.46. The molecule has 0 spiro atoms. The summed E-state index contributed by atoms with van der Waals surface area (Å²) in [7, 11) is 0.979. The molecule has 28 heavy (non-hydrogen) atoms. The maximum Gasteiger partial charge on any atom is 0.418 e. The number of nitrogens with zero attached hydrogens (tertiary/aromatic N) is 1. The molecule has 1 heterocycles. The van der Waals surface area contributed by atoms with Gasteiger partial charge in [-0.2, -0.15) is 38.1 Å². The largest absolute Gasteiger partial charge is 0.418 e. The van der Waals surface area contributed by atoms with E-state index in [0.29, 0.717) is 11.4 Å². The van der Waals surface area contributed by atoms with E-state index in [-0.39, 0.29) is 17.7 Å². The van der Waals surface area contributed by atoms with Gasteiger partial charge in [0.05, 0.1) is 17.4 Å². The highest BCUT2D eigenvalue weighted by Crippen LogP contribution is 2.46. The zero-order chi connectivity index (χ0) is 21.1. The molecule has 0 saturated carbocycles. The number of alkyl halides is 6. The van der Waals surface area contributed by atoms with E-state index in [9.17, 15) is 31.4 Å². The molecular formula is C18H22F6N2OS. The molecular weight excluding hydrogens is 406 g/mol. The van der Waals surface area contributed by atoms with E-state index in [1.807, 2.05) is 6.26 Å². The third-order valence-corrected chi connectivity index (χ3v) is 5.19. The lowest BCUT2D eigenvalue weighted by atomic mass is 9.89. The quantitative estimate of drug-likeness (QED) is 0.505. The smallest absolute Gasteiger partial charge is 0.387 e. The first-order chi connectivity index (χ1) is 13.0. The molecule has 3 nitrogen and oxygen atoms in total. The number of halogens is 6. The van der Waals surface area contributed by atoms with Crippen LogP contribution in [0.2, 0.25) is 0 Å². The van der Waals surface area contributed by atoms with E-state index >= 15 is 0 Å². The molecule has 1 aromatic rings. The van der Waals surface area contributed by atoms with Gasteiger partial charge in [-0.05, 0) is 42.7 Å². The second-order valence-electron chi connectivity index (χ2n) is 6.49. The summed E-state index contributed by atoms with van der Waals surface area (Å²) in [4.78, 5) is 0.570. The number of hydrogen-bond acceptors (Lipinski definition) is 4. The van der Waals surface area contributed by atoms with Gasteiger partial charge in [0.2, 0.25) is 0 Å². The number of benzene rings is 1. The highest BCUT2D eigenvalue weighted by molar-refractivity contribution is 7.98. The fraction of sp³-hybridized carbons (Fsp3) is 0.556. The number of thioether (sulfide) groups is 1. The molecule has 2 N–H and O–H groups in total. The summed E-state index contributed by atoms with van der Waals surface area (Å²) in [6, 6.07) is 0.926. The van der Waals surface area contributed by atoms with Crippen molar-refractivity contribution in [1.82, 2.24) is 5.32 Å². The summed E-state index contributed by atoms with van der Waals surface area (Å²) in [6.07, 6.45) is -7.44. The number of rotatable bonds is 7. The Balaban J connectivity index is 2.41. The fourth-order valence-electron chi connectivity index (χ4n) is 3.19. The van der Waals surface area contributed by atoms with Crippen LogP contribution in [0.5, 0.6) is 0 Å². The van der Waals surface area contributed by atoms with Crippen molar-refractivity contribution in [1.29, 1.82) is 0 Å². The third kappa shape index (κ3) is 5.15. The first kappa shape index (κ1) is 22.9. The number of hydrogen-bond donors (Lipinski definition) is 2. The van der Waals surface area contributed by atoms with Gasteiger partial charge in [0, 0.05) is 19.2 Å². The minimum Gasteiger partial charge on any atom is -0.387 e. The molecule has 10 heteroatoms. The molecule has 0 fully saturated rings. The summed E-state index contributed by atoms with van der Waals surface area (Å²) in [5.74, 6) is 0.879. The molecule has 0 radical (unpaired) electrons. The van der Waals surface area contributed by atoms with Gasteiger partial charge in [-0.25, -0.2) is 0 Å². The Kier molecular flexibility index (Phi) is 7.33. The maximum atomic E-state index is 13.5. The Morgan fingerprint density at radius 2 is 1.89 bits per heavy atom. The van der Waals surface area contributed by atoms with Crippen LogP contribution in [0.3, 0.4) is 0 Å². The molecule has 0 aromatic heterocycles. The topological polar surface area (TPSA) is 35.5 Å². The Bertz CT molecular complexity index is 704. The van der Waals surface area contributed by atoms with E-state index in [0.717, 1.165) is 37.4 Å². The molecule has 2 unspecified atom stereocenters. The van der Waals surface area contributed by atoms with Crippen LogP contribution >= 0.6 is 11.8 Å². The van der Waals surface area contributed by atoms with E-state index in [1.54, 1.807) is 11.8 Å². The van der Waals surface area contributed by atoms with Crippen LogP contribution in [0.1, 0.15) is 17.5 Å². The highest BCUT2D eigenvalue weighted by Gasteiger charge is 2.47. The Morgan fingerprint density at radius 1 is 1.21 bits per heavy atom. The van der Waals surface area contributed by atoms with Crippen molar-refractivity contribution in [3.8, 4) is 0 Å². The minimum absolute atomic E-state index is 0.0451.